The van der Waals surface area contributed by atoms with Crippen molar-refractivity contribution in [2.75, 3.05) is 0 Å². The summed E-state index contributed by atoms with van der Waals surface area (Å²) < 4.78 is 4.47. The molecule has 0 fully saturated rings. The van der Waals surface area contributed by atoms with Crippen LogP contribution in [-0.4, -0.2) is 23.7 Å². The Bertz CT molecular complexity index is 988. The van der Waals surface area contributed by atoms with Crippen LogP contribution in [0.25, 0.3) is 11.2 Å². The molecule has 0 saturated heterocycles. The second kappa shape index (κ2) is 6.64. The molecule has 0 unspecified atom stereocenters. The molecule has 0 N–H and O–H groups in total. The number of imidazole rings is 1. The van der Waals surface area contributed by atoms with Gasteiger partial charge in [-0.15, -0.1) is 0 Å². The van der Waals surface area contributed by atoms with Gasteiger partial charge in [0.15, 0.2) is 16.3 Å². The van der Waals surface area contributed by atoms with E-state index in [0.717, 1.165) is 21.7 Å². The molecule has 3 heterocycles. The highest BCUT2D eigenvalue weighted by molar-refractivity contribution is 7.98. The lowest BCUT2D eigenvalue weighted by Crippen LogP contribution is -2.37. The summed E-state index contributed by atoms with van der Waals surface area (Å²) in [5.41, 5.74) is 1.33. The minimum atomic E-state index is -0.363. The Hall–Kier alpha value is -2.35. The van der Waals surface area contributed by atoms with Gasteiger partial charge in [-0.2, -0.15) is 0 Å². The largest absolute Gasteiger partial charge is 0.332 e. The van der Waals surface area contributed by atoms with Crippen LogP contribution in [0, 0.1) is 0 Å². The third-order valence-corrected chi connectivity index (χ3v) is 4.90. The number of thioether (sulfide) groups is 1. The summed E-state index contributed by atoms with van der Waals surface area (Å²) in [5.74, 6) is 0.704. The van der Waals surface area contributed by atoms with Crippen LogP contribution in [0.2, 0.25) is 0 Å². The number of aromatic nitrogens is 5. The molecule has 3 aromatic heterocycles. The molecule has 3 aromatic rings. The summed E-state index contributed by atoms with van der Waals surface area (Å²) >= 11 is 1.54. The van der Waals surface area contributed by atoms with E-state index < -0.39 is 0 Å². The van der Waals surface area contributed by atoms with Crippen molar-refractivity contribution in [3.8, 4) is 0 Å². The van der Waals surface area contributed by atoms with Gasteiger partial charge in [0.05, 0.1) is 0 Å². The van der Waals surface area contributed by atoms with Crippen molar-refractivity contribution < 1.29 is 0 Å². The van der Waals surface area contributed by atoms with E-state index >= 15 is 0 Å². The molecule has 8 heteroatoms. The third kappa shape index (κ3) is 2.77. The van der Waals surface area contributed by atoms with Crippen LogP contribution >= 0.6 is 11.8 Å². The maximum Gasteiger partial charge on any atom is 0.332 e. The fraction of sp³-hybridized carbons (Fsp3) is 0.375. The van der Waals surface area contributed by atoms with E-state index in [2.05, 4.69) is 9.97 Å². The second-order valence-corrected chi connectivity index (χ2v) is 6.52. The van der Waals surface area contributed by atoms with Crippen LogP contribution in [0.1, 0.15) is 18.9 Å². The van der Waals surface area contributed by atoms with Gasteiger partial charge in [-0.3, -0.25) is 18.9 Å². The van der Waals surface area contributed by atoms with Crippen LogP contribution < -0.4 is 11.2 Å². The lowest BCUT2D eigenvalue weighted by atomic mass is 10.3. The number of fused-ring (bicyclic) bond motifs is 1. The molecule has 0 saturated carbocycles. The Balaban J connectivity index is 2.12. The summed E-state index contributed by atoms with van der Waals surface area (Å²) in [6, 6.07) is 3.89. The van der Waals surface area contributed by atoms with Gasteiger partial charge in [-0.05, 0) is 18.1 Å². The first-order valence-electron chi connectivity index (χ1n) is 7.72. The number of aryl methyl sites for hydroxylation is 2. The summed E-state index contributed by atoms with van der Waals surface area (Å²) in [5, 5.41) is 0.744. The Morgan fingerprint density at radius 3 is 2.67 bits per heavy atom. The van der Waals surface area contributed by atoms with Crippen molar-refractivity contribution in [1.82, 2.24) is 23.7 Å². The predicted molar refractivity (Wildman–Crippen MR) is 94.3 cm³/mol. The second-order valence-electron chi connectivity index (χ2n) is 5.57. The first kappa shape index (κ1) is 16.5. The fourth-order valence-corrected chi connectivity index (χ4v) is 3.56. The van der Waals surface area contributed by atoms with Gasteiger partial charge in [-0.25, -0.2) is 9.78 Å². The normalized spacial score (nSPS) is 11.3. The van der Waals surface area contributed by atoms with Gasteiger partial charge >= 0.3 is 5.69 Å². The molecule has 0 spiro atoms. The zero-order chi connectivity index (χ0) is 17.3. The van der Waals surface area contributed by atoms with Gasteiger partial charge < -0.3 is 4.57 Å². The van der Waals surface area contributed by atoms with E-state index in [9.17, 15) is 9.59 Å². The zero-order valence-corrected chi connectivity index (χ0v) is 14.7. The highest BCUT2D eigenvalue weighted by Gasteiger charge is 2.18. The van der Waals surface area contributed by atoms with Gasteiger partial charge in [0.1, 0.15) is 0 Å². The van der Waals surface area contributed by atoms with Crippen molar-refractivity contribution in [3.63, 3.8) is 0 Å². The van der Waals surface area contributed by atoms with E-state index in [1.54, 1.807) is 25.0 Å². The first-order chi connectivity index (χ1) is 11.5. The Labute approximate surface area is 143 Å². The van der Waals surface area contributed by atoms with Gasteiger partial charge in [0.25, 0.3) is 5.56 Å². The minimum absolute atomic E-state index is 0.303. The predicted octanol–water partition coefficient (Wildman–Crippen LogP) is 1.53. The number of hydrogen-bond acceptors (Lipinski definition) is 5. The van der Waals surface area contributed by atoms with E-state index in [4.69, 9.17) is 0 Å². The Morgan fingerprint density at radius 1 is 1.21 bits per heavy atom. The van der Waals surface area contributed by atoms with Crippen LogP contribution in [-0.2, 0) is 26.4 Å². The van der Waals surface area contributed by atoms with Crippen molar-refractivity contribution in [3.05, 3.63) is 50.9 Å². The molecule has 7 nitrogen and oxygen atoms in total. The summed E-state index contributed by atoms with van der Waals surface area (Å²) in [4.78, 5) is 33.4. The van der Waals surface area contributed by atoms with Crippen LogP contribution in [0.4, 0.5) is 0 Å². The minimum Gasteiger partial charge on any atom is -0.313 e. The SMILES string of the molecule is CCCn1c(SCc2cccnc2)nc2c1c(=O)n(C)c(=O)n2C. The molecule has 126 valence electrons. The molecule has 24 heavy (non-hydrogen) atoms. The summed E-state index contributed by atoms with van der Waals surface area (Å²) in [7, 11) is 3.14. The van der Waals surface area contributed by atoms with Gasteiger partial charge in [0.2, 0.25) is 0 Å². The van der Waals surface area contributed by atoms with E-state index in [-0.39, 0.29) is 11.2 Å². The van der Waals surface area contributed by atoms with Gasteiger partial charge in [-0.1, -0.05) is 24.8 Å². The molecule has 3 rings (SSSR count). The number of pyridine rings is 1. The van der Waals surface area contributed by atoms with Gasteiger partial charge in [0, 0.05) is 38.8 Å². The summed E-state index contributed by atoms with van der Waals surface area (Å²) in [6.45, 7) is 2.73. The fourth-order valence-electron chi connectivity index (χ4n) is 2.60. The molecule has 0 atom stereocenters. The molecule has 0 aliphatic carbocycles. The van der Waals surface area contributed by atoms with Crippen LogP contribution in [0.15, 0.2) is 39.3 Å². The topological polar surface area (TPSA) is 74.7 Å². The molecular weight excluding hydrogens is 326 g/mol. The van der Waals surface area contributed by atoms with Crippen molar-refractivity contribution >= 4 is 22.9 Å². The molecule has 0 aliphatic heterocycles. The number of nitrogens with zero attached hydrogens (tertiary/aromatic N) is 5. The lowest BCUT2D eigenvalue weighted by Gasteiger charge is -2.07. The smallest absolute Gasteiger partial charge is 0.313 e. The van der Waals surface area contributed by atoms with Crippen molar-refractivity contribution in [1.29, 1.82) is 0 Å². The highest BCUT2D eigenvalue weighted by atomic mass is 32.2. The van der Waals surface area contributed by atoms with Crippen molar-refractivity contribution in [2.24, 2.45) is 14.1 Å². The van der Waals surface area contributed by atoms with E-state index in [1.807, 2.05) is 29.8 Å². The first-order valence-corrected chi connectivity index (χ1v) is 8.71. The maximum absolute atomic E-state index is 12.6. The average molecular weight is 345 g/mol. The average Bonchev–Trinajstić information content (AvgIpc) is 2.96. The zero-order valence-electron chi connectivity index (χ0n) is 13.9. The van der Waals surface area contributed by atoms with Crippen molar-refractivity contribution in [2.45, 2.75) is 30.8 Å². The molecule has 0 aromatic carbocycles. The monoisotopic (exact) mass is 345 g/mol. The quantitative estimate of drug-likeness (QED) is 0.656. The number of hydrogen-bond donors (Lipinski definition) is 0. The van der Waals surface area contributed by atoms with E-state index in [0.29, 0.717) is 23.5 Å². The highest BCUT2D eigenvalue weighted by Crippen LogP contribution is 2.25. The van der Waals surface area contributed by atoms with Crippen LogP contribution in [0.3, 0.4) is 0 Å². The standard InChI is InChI=1S/C16H19N5O2S/c1-4-8-21-12-13(19(2)16(23)20(3)14(12)22)18-15(21)24-10-11-6-5-7-17-9-11/h5-7,9H,4,8,10H2,1-3H3. The molecule has 0 bridgehead atoms. The van der Waals surface area contributed by atoms with E-state index in [1.165, 1.54) is 11.6 Å². The van der Waals surface area contributed by atoms with Crippen LogP contribution in [0.5, 0.6) is 0 Å². The molecule has 0 aliphatic rings. The number of rotatable bonds is 5. The Morgan fingerprint density at radius 2 is 2.00 bits per heavy atom. The summed E-state index contributed by atoms with van der Waals surface area (Å²) in [6.07, 6.45) is 4.42. The Kier molecular flexibility index (Phi) is 4.57. The third-order valence-electron chi connectivity index (χ3n) is 3.85. The maximum atomic E-state index is 12.6. The molecule has 0 amide bonds. The lowest BCUT2D eigenvalue weighted by molar-refractivity contribution is 0.632. The molecule has 0 radical (unpaired) electrons. The molecular formula is C16H19N5O2S.